The maximum absolute atomic E-state index is 11.1. The molecule has 0 saturated heterocycles. The molecule has 0 amide bonds. The zero-order valence-corrected chi connectivity index (χ0v) is 18.9. The number of unbranched alkanes of at least 4 members (excludes halogenated alkanes) is 9. The van der Waals surface area contributed by atoms with E-state index in [0.29, 0.717) is 12.2 Å². The smallest absolute Gasteiger partial charge is 0.159 e. The number of ether oxygens (including phenoxy) is 1. The second-order valence-corrected chi connectivity index (χ2v) is 8.17. The second kappa shape index (κ2) is 14.7. The van der Waals surface area contributed by atoms with E-state index in [0.717, 1.165) is 36.3 Å². The van der Waals surface area contributed by atoms with E-state index in [1.165, 1.54) is 57.8 Å². The van der Waals surface area contributed by atoms with E-state index in [4.69, 9.17) is 4.74 Å². The van der Waals surface area contributed by atoms with Gasteiger partial charge in [0.15, 0.2) is 11.6 Å². The van der Waals surface area contributed by atoms with Crippen LogP contribution < -0.4 is 4.74 Å². The minimum absolute atomic E-state index is 0.218. The van der Waals surface area contributed by atoms with Crippen LogP contribution in [0.1, 0.15) is 90.0 Å². The normalized spacial score (nSPS) is 10.9. The lowest BCUT2D eigenvalue weighted by molar-refractivity contribution is -0.116. The number of hydrogen-bond acceptors (Lipinski definition) is 4. The van der Waals surface area contributed by atoms with E-state index >= 15 is 0 Å². The average molecular weight is 411 g/mol. The summed E-state index contributed by atoms with van der Waals surface area (Å²) in [6.07, 6.45) is 18.1. The van der Waals surface area contributed by atoms with Gasteiger partial charge in [-0.25, -0.2) is 9.97 Å². The molecule has 0 N–H and O–H groups in total. The Morgan fingerprint density at radius 2 is 1.40 bits per heavy atom. The van der Waals surface area contributed by atoms with Crippen LogP contribution in [-0.2, 0) is 11.2 Å². The fourth-order valence-corrected chi connectivity index (χ4v) is 3.46. The zero-order valence-electron chi connectivity index (χ0n) is 18.9. The van der Waals surface area contributed by atoms with Crippen molar-refractivity contribution >= 4 is 5.78 Å². The summed E-state index contributed by atoms with van der Waals surface area (Å²) in [4.78, 5) is 20.0. The molecule has 1 heterocycles. The Labute approximate surface area is 182 Å². The Hall–Kier alpha value is -2.23. The van der Waals surface area contributed by atoms with Crippen molar-refractivity contribution in [3.05, 3.63) is 42.2 Å². The first-order valence-electron chi connectivity index (χ1n) is 11.7. The Bertz CT molecular complexity index is 711. The number of aryl methyl sites for hydroxylation is 1. The van der Waals surface area contributed by atoms with E-state index < -0.39 is 0 Å². The quantitative estimate of drug-likeness (QED) is 0.281. The monoisotopic (exact) mass is 410 g/mol. The Balaban J connectivity index is 1.60. The first-order chi connectivity index (χ1) is 14.7. The topological polar surface area (TPSA) is 52.1 Å². The molecule has 0 aliphatic rings. The maximum atomic E-state index is 11.1. The summed E-state index contributed by atoms with van der Waals surface area (Å²) < 4.78 is 5.79. The highest BCUT2D eigenvalue weighted by atomic mass is 16.5. The van der Waals surface area contributed by atoms with Gasteiger partial charge in [-0.1, -0.05) is 89.0 Å². The van der Waals surface area contributed by atoms with E-state index in [2.05, 4.69) is 16.9 Å². The van der Waals surface area contributed by atoms with Gasteiger partial charge in [-0.05, 0) is 25.3 Å². The summed E-state index contributed by atoms with van der Waals surface area (Å²) in [7, 11) is 0. The lowest BCUT2D eigenvalue weighted by Crippen LogP contribution is -1.99. The van der Waals surface area contributed by atoms with Crippen molar-refractivity contribution in [2.45, 2.75) is 90.9 Å². The highest BCUT2D eigenvalue weighted by molar-refractivity contribution is 5.75. The number of benzene rings is 1. The van der Waals surface area contributed by atoms with Crippen LogP contribution in [-0.4, -0.2) is 22.4 Å². The van der Waals surface area contributed by atoms with Crippen LogP contribution >= 0.6 is 0 Å². The summed E-state index contributed by atoms with van der Waals surface area (Å²) in [5.74, 6) is 1.64. The molecule has 164 valence electrons. The zero-order chi connectivity index (χ0) is 21.4. The SMILES string of the molecule is CCCCCCCCCCCCOc1cnc(-c2ccc(CCC(C)=O)cc2)nc1. The van der Waals surface area contributed by atoms with Crippen molar-refractivity contribution in [2.75, 3.05) is 6.61 Å². The van der Waals surface area contributed by atoms with Gasteiger partial charge in [-0.15, -0.1) is 0 Å². The molecule has 1 aromatic heterocycles. The molecule has 0 atom stereocenters. The van der Waals surface area contributed by atoms with Crippen molar-refractivity contribution in [3.63, 3.8) is 0 Å². The van der Waals surface area contributed by atoms with Crippen molar-refractivity contribution in [3.8, 4) is 17.1 Å². The molecule has 0 radical (unpaired) electrons. The van der Waals surface area contributed by atoms with E-state index in [1.807, 2.05) is 24.3 Å². The number of carbonyl (C=O) groups excluding carboxylic acids is 1. The fourth-order valence-electron chi connectivity index (χ4n) is 3.46. The van der Waals surface area contributed by atoms with Crippen molar-refractivity contribution in [2.24, 2.45) is 0 Å². The van der Waals surface area contributed by atoms with Gasteiger partial charge in [-0.3, -0.25) is 0 Å². The van der Waals surface area contributed by atoms with Crippen LogP contribution in [0, 0.1) is 0 Å². The summed E-state index contributed by atoms with van der Waals surface area (Å²) in [5.41, 5.74) is 2.13. The molecule has 2 aromatic rings. The lowest BCUT2D eigenvalue weighted by atomic mass is 10.1. The molecule has 4 nitrogen and oxygen atoms in total. The Kier molecular flexibility index (Phi) is 11.8. The third-order valence-corrected chi connectivity index (χ3v) is 5.37. The molecule has 1 aromatic carbocycles. The third-order valence-electron chi connectivity index (χ3n) is 5.37. The van der Waals surface area contributed by atoms with Crippen molar-refractivity contribution in [1.29, 1.82) is 0 Å². The molecule has 0 fully saturated rings. The van der Waals surface area contributed by atoms with Gasteiger partial charge in [0.2, 0.25) is 0 Å². The number of Topliss-reactive ketones (excluding diaryl/α,β-unsaturated/α-hetero) is 1. The average Bonchev–Trinajstić information content (AvgIpc) is 2.77. The van der Waals surface area contributed by atoms with Crippen LogP contribution in [0.25, 0.3) is 11.4 Å². The Morgan fingerprint density at radius 1 is 0.833 bits per heavy atom. The van der Waals surface area contributed by atoms with Gasteiger partial charge < -0.3 is 9.53 Å². The minimum atomic E-state index is 0.218. The van der Waals surface area contributed by atoms with Gasteiger partial charge in [0.25, 0.3) is 0 Å². The number of rotatable bonds is 16. The summed E-state index contributed by atoms with van der Waals surface area (Å²) in [6, 6.07) is 8.10. The molecular weight excluding hydrogens is 372 g/mol. The number of ketones is 1. The summed E-state index contributed by atoms with van der Waals surface area (Å²) in [5, 5.41) is 0. The van der Waals surface area contributed by atoms with Crippen molar-refractivity contribution in [1.82, 2.24) is 9.97 Å². The second-order valence-electron chi connectivity index (χ2n) is 8.17. The number of nitrogens with zero attached hydrogens (tertiary/aromatic N) is 2. The number of carbonyl (C=O) groups is 1. The Morgan fingerprint density at radius 3 is 1.97 bits per heavy atom. The fraction of sp³-hybridized carbons (Fsp3) is 0.577. The van der Waals surface area contributed by atoms with Gasteiger partial charge in [-0.2, -0.15) is 0 Å². The molecule has 4 heteroatoms. The molecule has 0 aliphatic heterocycles. The van der Waals surface area contributed by atoms with Crippen LogP contribution in [0.15, 0.2) is 36.7 Å². The first-order valence-corrected chi connectivity index (χ1v) is 11.7. The predicted molar refractivity (Wildman–Crippen MR) is 124 cm³/mol. The van der Waals surface area contributed by atoms with Crippen LogP contribution in [0.5, 0.6) is 5.75 Å². The van der Waals surface area contributed by atoms with Crippen LogP contribution in [0.4, 0.5) is 0 Å². The van der Waals surface area contributed by atoms with E-state index in [9.17, 15) is 4.79 Å². The molecule has 0 bridgehead atoms. The van der Waals surface area contributed by atoms with Crippen molar-refractivity contribution < 1.29 is 9.53 Å². The van der Waals surface area contributed by atoms with Gasteiger partial charge >= 0.3 is 0 Å². The van der Waals surface area contributed by atoms with E-state index in [1.54, 1.807) is 19.3 Å². The minimum Gasteiger partial charge on any atom is -0.490 e. The summed E-state index contributed by atoms with van der Waals surface area (Å²) in [6.45, 7) is 4.62. The van der Waals surface area contributed by atoms with Gasteiger partial charge in [0.1, 0.15) is 5.78 Å². The predicted octanol–water partition coefficient (Wildman–Crippen LogP) is 6.96. The third kappa shape index (κ3) is 10.00. The molecule has 0 aliphatic carbocycles. The van der Waals surface area contributed by atoms with Crippen LogP contribution in [0.3, 0.4) is 0 Å². The molecule has 30 heavy (non-hydrogen) atoms. The molecular formula is C26H38N2O2. The van der Waals surface area contributed by atoms with E-state index in [-0.39, 0.29) is 5.78 Å². The van der Waals surface area contributed by atoms with Gasteiger partial charge in [0.05, 0.1) is 19.0 Å². The first kappa shape index (κ1) is 24.0. The highest BCUT2D eigenvalue weighted by Crippen LogP contribution is 2.18. The standard InChI is InChI=1S/C26H38N2O2/c1-3-4-5-6-7-8-9-10-11-12-19-30-25-20-27-26(28-21-25)24-17-15-23(16-18-24)14-13-22(2)29/h15-18,20-21H,3-14,19H2,1-2H3. The summed E-state index contributed by atoms with van der Waals surface area (Å²) >= 11 is 0. The van der Waals surface area contributed by atoms with Crippen LogP contribution in [0.2, 0.25) is 0 Å². The number of aromatic nitrogens is 2. The largest absolute Gasteiger partial charge is 0.490 e. The molecule has 2 rings (SSSR count). The lowest BCUT2D eigenvalue weighted by Gasteiger charge is -2.07. The molecule has 0 unspecified atom stereocenters. The number of hydrogen-bond donors (Lipinski definition) is 0. The van der Waals surface area contributed by atoms with Gasteiger partial charge in [0, 0.05) is 12.0 Å². The highest BCUT2D eigenvalue weighted by Gasteiger charge is 2.04. The molecule has 0 spiro atoms. The maximum Gasteiger partial charge on any atom is 0.159 e. The molecule has 0 saturated carbocycles.